The third-order valence-electron chi connectivity index (χ3n) is 6.53. The van der Waals surface area contributed by atoms with Crippen LogP contribution in [-0.2, 0) is 4.74 Å². The summed E-state index contributed by atoms with van der Waals surface area (Å²) in [5.41, 5.74) is 6.85. The number of nitrogens with two attached hydrogens (primary N) is 1. The van der Waals surface area contributed by atoms with Gasteiger partial charge in [0, 0.05) is 37.3 Å². The van der Waals surface area contributed by atoms with E-state index in [9.17, 15) is 19.5 Å². The Morgan fingerprint density at radius 1 is 1.21 bits per heavy atom. The van der Waals surface area contributed by atoms with Crippen molar-refractivity contribution >= 4 is 28.8 Å². The highest BCUT2D eigenvalue weighted by atomic mass is 19.1. The van der Waals surface area contributed by atoms with E-state index < -0.39 is 28.7 Å². The van der Waals surface area contributed by atoms with Crippen molar-refractivity contribution in [2.45, 2.75) is 30.8 Å². The lowest BCUT2D eigenvalue weighted by atomic mass is 9.94. The van der Waals surface area contributed by atoms with Gasteiger partial charge in [0.1, 0.15) is 11.2 Å². The Labute approximate surface area is 193 Å². The van der Waals surface area contributed by atoms with E-state index >= 15 is 4.39 Å². The highest BCUT2D eigenvalue weighted by Crippen LogP contribution is 2.38. The van der Waals surface area contributed by atoms with E-state index in [1.807, 2.05) is 12.1 Å². The number of hydrogen-bond acceptors (Lipinski definition) is 7. The summed E-state index contributed by atoms with van der Waals surface area (Å²) in [4.78, 5) is 42.1. The smallest absolute Gasteiger partial charge is 0.341 e. The number of carboxylic acids is 1. The molecule has 1 aliphatic heterocycles. The normalized spacial score (nSPS) is 20.0. The van der Waals surface area contributed by atoms with Gasteiger partial charge in [-0.05, 0) is 36.6 Å². The van der Waals surface area contributed by atoms with Crippen LogP contribution in [0.3, 0.4) is 0 Å². The van der Waals surface area contributed by atoms with Gasteiger partial charge in [0.05, 0.1) is 18.1 Å². The summed E-state index contributed by atoms with van der Waals surface area (Å²) in [6, 6.07) is 7.76. The third kappa shape index (κ3) is 3.69. The maximum absolute atomic E-state index is 15.2. The molecule has 2 aromatic heterocycles. The molecule has 2 aliphatic rings. The molecule has 2 atom stereocenters. The number of aromatic nitrogens is 2. The molecule has 2 fully saturated rings. The fourth-order valence-electron chi connectivity index (χ4n) is 4.58. The van der Waals surface area contributed by atoms with Crippen LogP contribution in [-0.4, -0.2) is 52.8 Å². The number of anilines is 1. The summed E-state index contributed by atoms with van der Waals surface area (Å²) in [7, 11) is 1.32. The van der Waals surface area contributed by atoms with Gasteiger partial charge in [0.2, 0.25) is 5.43 Å². The van der Waals surface area contributed by atoms with E-state index in [1.165, 1.54) is 13.3 Å². The Bertz CT molecular complexity index is 1370. The number of aromatic carboxylic acids is 1. The molecule has 0 radical (unpaired) electrons. The van der Waals surface area contributed by atoms with Crippen LogP contribution in [0.4, 0.5) is 10.2 Å². The number of esters is 1. The van der Waals surface area contributed by atoms with Crippen LogP contribution in [0.15, 0.2) is 41.3 Å². The van der Waals surface area contributed by atoms with Crippen molar-refractivity contribution in [3.05, 3.63) is 69.3 Å². The standard InChI is InChI=1S/C24H23FN4O5/c1-34-24(33)13-4-2-12(3-5-13)16-9-28(11-19(16)26)22-18(25)8-15-20(30)17(23(31)32)10-29(14-6-7-14)21(15)27-22/h2-5,8,10,14,16,19H,6-7,9,11,26H2,1H3,(H,31,32)/t16-,19+/m1/s1. The monoisotopic (exact) mass is 466 g/mol. The fourth-order valence-corrected chi connectivity index (χ4v) is 4.58. The second kappa shape index (κ2) is 8.21. The molecule has 1 aromatic carbocycles. The van der Waals surface area contributed by atoms with Crippen LogP contribution in [0.2, 0.25) is 0 Å². The van der Waals surface area contributed by atoms with Crippen molar-refractivity contribution in [1.82, 2.24) is 9.55 Å². The first-order chi connectivity index (χ1) is 16.3. The topological polar surface area (TPSA) is 128 Å². The number of rotatable bonds is 5. The van der Waals surface area contributed by atoms with Crippen LogP contribution in [0.25, 0.3) is 11.0 Å². The summed E-state index contributed by atoms with van der Waals surface area (Å²) in [6.07, 6.45) is 2.98. The first-order valence-electron chi connectivity index (χ1n) is 11.0. The quantitative estimate of drug-likeness (QED) is 0.548. The first-order valence-corrected chi connectivity index (χ1v) is 11.0. The average molecular weight is 466 g/mol. The number of nitrogens with zero attached hydrogens (tertiary/aromatic N) is 3. The van der Waals surface area contributed by atoms with E-state index in [-0.39, 0.29) is 34.9 Å². The molecule has 34 heavy (non-hydrogen) atoms. The minimum absolute atomic E-state index is 0.0360. The Balaban J connectivity index is 1.51. The minimum atomic E-state index is -1.35. The highest BCUT2D eigenvalue weighted by Gasteiger charge is 2.35. The number of carbonyl (C=O) groups excluding carboxylic acids is 1. The number of ether oxygens (including phenoxy) is 1. The van der Waals surface area contributed by atoms with Gasteiger partial charge in [-0.2, -0.15) is 0 Å². The van der Waals surface area contributed by atoms with Crippen molar-refractivity contribution < 1.29 is 23.8 Å². The van der Waals surface area contributed by atoms with Gasteiger partial charge in [0.15, 0.2) is 11.6 Å². The number of carbonyl (C=O) groups is 2. The maximum atomic E-state index is 15.2. The van der Waals surface area contributed by atoms with Gasteiger partial charge in [-0.25, -0.2) is 19.0 Å². The molecule has 10 heteroatoms. The Morgan fingerprint density at radius 3 is 2.53 bits per heavy atom. The van der Waals surface area contributed by atoms with Crippen molar-refractivity contribution in [1.29, 1.82) is 0 Å². The Hall–Kier alpha value is -3.79. The van der Waals surface area contributed by atoms with Gasteiger partial charge in [-0.1, -0.05) is 12.1 Å². The SMILES string of the molecule is COC(=O)c1ccc([C@H]2CN(c3nc4c(cc3F)c(=O)c(C(=O)O)cn4C3CC3)C[C@@H]2N)cc1. The molecule has 9 nitrogen and oxygen atoms in total. The van der Waals surface area contributed by atoms with Gasteiger partial charge in [-0.15, -0.1) is 0 Å². The molecule has 3 aromatic rings. The number of carboxylic acid groups (broad SMARTS) is 1. The third-order valence-corrected chi connectivity index (χ3v) is 6.53. The summed E-state index contributed by atoms with van der Waals surface area (Å²) in [5, 5.41) is 9.35. The summed E-state index contributed by atoms with van der Waals surface area (Å²) in [6.45, 7) is 0.745. The second-order valence-electron chi connectivity index (χ2n) is 8.77. The van der Waals surface area contributed by atoms with Crippen LogP contribution in [0.1, 0.15) is 51.1 Å². The van der Waals surface area contributed by atoms with Crippen LogP contribution >= 0.6 is 0 Å². The number of halogens is 1. The van der Waals surface area contributed by atoms with Crippen LogP contribution in [0.5, 0.6) is 0 Å². The summed E-state index contributed by atoms with van der Waals surface area (Å²) in [5.74, 6) is -2.53. The van der Waals surface area contributed by atoms with Gasteiger partial charge in [0.25, 0.3) is 0 Å². The molecule has 176 valence electrons. The Morgan fingerprint density at radius 2 is 1.91 bits per heavy atom. The molecular weight excluding hydrogens is 443 g/mol. The minimum Gasteiger partial charge on any atom is -0.477 e. The van der Waals surface area contributed by atoms with Crippen molar-refractivity contribution in [3.8, 4) is 0 Å². The molecule has 1 saturated carbocycles. The molecule has 0 spiro atoms. The van der Waals surface area contributed by atoms with Gasteiger partial charge in [-0.3, -0.25) is 4.79 Å². The van der Waals surface area contributed by atoms with E-state index in [0.717, 1.165) is 24.5 Å². The molecule has 5 rings (SSSR count). The highest BCUT2D eigenvalue weighted by molar-refractivity contribution is 5.92. The molecule has 1 aliphatic carbocycles. The summed E-state index contributed by atoms with van der Waals surface area (Å²) < 4.78 is 21.6. The Kier molecular flexibility index (Phi) is 5.32. The van der Waals surface area contributed by atoms with E-state index in [0.29, 0.717) is 18.7 Å². The zero-order chi connectivity index (χ0) is 24.1. The second-order valence-corrected chi connectivity index (χ2v) is 8.77. The number of benzene rings is 1. The van der Waals surface area contributed by atoms with Crippen molar-refractivity contribution in [2.75, 3.05) is 25.1 Å². The maximum Gasteiger partial charge on any atom is 0.341 e. The van der Waals surface area contributed by atoms with Gasteiger partial charge >= 0.3 is 11.9 Å². The van der Waals surface area contributed by atoms with Crippen LogP contribution in [0, 0.1) is 5.82 Å². The fraction of sp³-hybridized carbons (Fsp3) is 0.333. The largest absolute Gasteiger partial charge is 0.477 e. The average Bonchev–Trinajstić information content (AvgIpc) is 3.60. The van der Waals surface area contributed by atoms with E-state index in [1.54, 1.807) is 21.6 Å². The van der Waals surface area contributed by atoms with Crippen molar-refractivity contribution in [3.63, 3.8) is 0 Å². The lowest BCUT2D eigenvalue weighted by molar-refractivity contribution is 0.0599. The number of fused-ring (bicyclic) bond motifs is 1. The predicted molar refractivity (Wildman–Crippen MR) is 122 cm³/mol. The molecule has 3 heterocycles. The van der Waals surface area contributed by atoms with Crippen molar-refractivity contribution in [2.24, 2.45) is 5.73 Å². The number of hydrogen-bond donors (Lipinski definition) is 2. The zero-order valence-corrected chi connectivity index (χ0v) is 18.4. The number of methoxy groups -OCH3 is 1. The van der Waals surface area contributed by atoms with Crippen LogP contribution < -0.4 is 16.1 Å². The summed E-state index contributed by atoms with van der Waals surface area (Å²) >= 11 is 0. The first kappa shape index (κ1) is 22.0. The lowest BCUT2D eigenvalue weighted by Crippen LogP contribution is -2.29. The molecule has 3 N–H and O–H groups in total. The molecular formula is C24H23FN4O5. The molecule has 0 unspecified atom stereocenters. The lowest BCUT2D eigenvalue weighted by Gasteiger charge is -2.20. The predicted octanol–water partition coefficient (Wildman–Crippen LogP) is 2.29. The zero-order valence-electron chi connectivity index (χ0n) is 18.4. The van der Waals surface area contributed by atoms with E-state index in [2.05, 4.69) is 4.98 Å². The molecule has 1 saturated heterocycles. The number of pyridine rings is 2. The van der Waals surface area contributed by atoms with Gasteiger partial charge < -0.3 is 25.0 Å². The van der Waals surface area contributed by atoms with E-state index in [4.69, 9.17) is 10.5 Å². The molecule has 0 bridgehead atoms. The molecule has 0 amide bonds.